The summed E-state index contributed by atoms with van der Waals surface area (Å²) in [5, 5.41) is 19.6. The van der Waals surface area contributed by atoms with E-state index in [-0.39, 0.29) is 55.8 Å². The second-order valence-corrected chi connectivity index (χ2v) is 11.0. The van der Waals surface area contributed by atoms with Crippen molar-refractivity contribution >= 4 is 29.6 Å². The van der Waals surface area contributed by atoms with Crippen LogP contribution in [0.15, 0.2) is 0 Å². The quantitative estimate of drug-likeness (QED) is 0.0580. The lowest BCUT2D eigenvalue weighted by molar-refractivity contribution is -0.137. The molecule has 14 heteroatoms. The standard InChI is InChI=1S/C31H59N5O9/c1-26(36-28(38)12-10-8-6-4-2-3-5-7-9-11-13-31(41)42)14-15-27(37)33-16-21-44-22-23-45-25-30(40)35-18-20-43-19-17-34-29(39)24-32/h26H,2-25,32H2,1H3,(H,33,37)(H,34,39)(H,35,40)(H,36,38)(H,41,42)/t26-/m0/s1. The van der Waals surface area contributed by atoms with Crippen molar-refractivity contribution in [3.05, 3.63) is 0 Å². The Kier molecular flexibility index (Phi) is 29.2. The van der Waals surface area contributed by atoms with Gasteiger partial charge in [-0.15, -0.1) is 0 Å². The fourth-order valence-electron chi connectivity index (χ4n) is 4.23. The third kappa shape index (κ3) is 32.4. The molecule has 0 saturated heterocycles. The van der Waals surface area contributed by atoms with E-state index in [2.05, 4.69) is 21.3 Å². The van der Waals surface area contributed by atoms with Gasteiger partial charge in [-0.1, -0.05) is 51.4 Å². The van der Waals surface area contributed by atoms with Crippen molar-refractivity contribution in [2.24, 2.45) is 5.73 Å². The first kappa shape index (κ1) is 42.2. The highest BCUT2D eigenvalue weighted by atomic mass is 16.5. The number of aliphatic carboxylic acids is 1. The molecule has 0 saturated carbocycles. The van der Waals surface area contributed by atoms with E-state index in [1.165, 1.54) is 19.3 Å². The maximum absolute atomic E-state index is 12.2. The Hall–Kier alpha value is -2.81. The number of carbonyl (C=O) groups excluding carboxylic acids is 4. The average molecular weight is 646 g/mol. The second kappa shape index (κ2) is 31.2. The van der Waals surface area contributed by atoms with Crippen molar-refractivity contribution in [1.29, 1.82) is 0 Å². The first-order valence-electron chi connectivity index (χ1n) is 16.5. The molecular formula is C31H59N5O9. The van der Waals surface area contributed by atoms with Gasteiger partial charge in [0, 0.05) is 44.9 Å². The van der Waals surface area contributed by atoms with Gasteiger partial charge >= 0.3 is 5.97 Å². The second-order valence-electron chi connectivity index (χ2n) is 11.0. The Balaban J connectivity index is 3.49. The Morgan fingerprint density at radius 3 is 1.60 bits per heavy atom. The number of rotatable bonds is 32. The number of carboxylic acids is 1. The molecule has 0 aromatic heterocycles. The van der Waals surface area contributed by atoms with Crippen LogP contribution in [0.3, 0.4) is 0 Å². The van der Waals surface area contributed by atoms with Gasteiger partial charge in [0.25, 0.3) is 0 Å². The van der Waals surface area contributed by atoms with Gasteiger partial charge < -0.3 is 46.3 Å². The van der Waals surface area contributed by atoms with Crippen LogP contribution in [0, 0.1) is 0 Å². The van der Waals surface area contributed by atoms with Gasteiger partial charge in [0.05, 0.1) is 39.6 Å². The molecule has 0 rings (SSSR count). The van der Waals surface area contributed by atoms with Crippen LogP contribution < -0.4 is 27.0 Å². The summed E-state index contributed by atoms with van der Waals surface area (Å²) in [6.45, 7) is 4.31. The van der Waals surface area contributed by atoms with Gasteiger partial charge in [-0.05, 0) is 26.2 Å². The highest BCUT2D eigenvalue weighted by Gasteiger charge is 2.10. The van der Waals surface area contributed by atoms with E-state index in [1.807, 2.05) is 6.92 Å². The minimum absolute atomic E-state index is 0.0218. The Bertz CT molecular complexity index is 801. The van der Waals surface area contributed by atoms with Gasteiger partial charge in [-0.25, -0.2) is 0 Å². The number of ether oxygens (including phenoxy) is 3. The highest BCUT2D eigenvalue weighted by molar-refractivity contribution is 5.78. The lowest BCUT2D eigenvalue weighted by atomic mass is 10.0. The maximum atomic E-state index is 12.2. The van der Waals surface area contributed by atoms with E-state index in [4.69, 9.17) is 25.1 Å². The molecule has 1 atom stereocenters. The highest BCUT2D eigenvalue weighted by Crippen LogP contribution is 2.12. The molecule has 45 heavy (non-hydrogen) atoms. The topological polar surface area (TPSA) is 207 Å². The molecule has 0 aromatic rings. The van der Waals surface area contributed by atoms with E-state index < -0.39 is 5.97 Å². The molecule has 0 fully saturated rings. The molecule has 0 aliphatic rings. The van der Waals surface area contributed by atoms with Crippen molar-refractivity contribution in [1.82, 2.24) is 21.3 Å². The number of hydrogen-bond acceptors (Lipinski definition) is 9. The van der Waals surface area contributed by atoms with Crippen LogP contribution in [0.4, 0.5) is 0 Å². The van der Waals surface area contributed by atoms with Crippen molar-refractivity contribution in [2.75, 3.05) is 65.8 Å². The molecule has 0 aromatic carbocycles. The molecule has 14 nitrogen and oxygen atoms in total. The lowest BCUT2D eigenvalue weighted by Gasteiger charge is -2.14. The van der Waals surface area contributed by atoms with Gasteiger partial charge in [0.2, 0.25) is 23.6 Å². The summed E-state index contributed by atoms with van der Waals surface area (Å²) in [5.41, 5.74) is 5.17. The van der Waals surface area contributed by atoms with Gasteiger partial charge in [0.1, 0.15) is 6.61 Å². The molecule has 7 N–H and O–H groups in total. The van der Waals surface area contributed by atoms with E-state index in [0.29, 0.717) is 65.3 Å². The third-order valence-corrected chi connectivity index (χ3v) is 6.75. The van der Waals surface area contributed by atoms with Crippen molar-refractivity contribution in [3.63, 3.8) is 0 Å². The summed E-state index contributed by atoms with van der Waals surface area (Å²) in [4.78, 5) is 57.3. The number of nitrogens with two attached hydrogens (primary N) is 1. The molecule has 0 bridgehead atoms. The largest absolute Gasteiger partial charge is 0.481 e. The van der Waals surface area contributed by atoms with Gasteiger partial charge in [0.15, 0.2) is 0 Å². The zero-order chi connectivity index (χ0) is 33.4. The van der Waals surface area contributed by atoms with Crippen LogP contribution in [0.5, 0.6) is 0 Å². The van der Waals surface area contributed by atoms with Crippen molar-refractivity contribution in [2.45, 2.75) is 103 Å². The zero-order valence-corrected chi connectivity index (χ0v) is 27.3. The smallest absolute Gasteiger partial charge is 0.303 e. The van der Waals surface area contributed by atoms with Crippen LogP contribution >= 0.6 is 0 Å². The van der Waals surface area contributed by atoms with Crippen LogP contribution in [-0.2, 0) is 38.2 Å². The minimum Gasteiger partial charge on any atom is -0.481 e. The number of hydrogen-bond donors (Lipinski definition) is 6. The van der Waals surface area contributed by atoms with E-state index in [0.717, 1.165) is 44.9 Å². The normalized spacial score (nSPS) is 11.5. The number of amides is 4. The zero-order valence-electron chi connectivity index (χ0n) is 27.3. The number of carboxylic acid groups (broad SMARTS) is 1. The first-order valence-corrected chi connectivity index (χ1v) is 16.5. The van der Waals surface area contributed by atoms with Crippen LogP contribution in [0.25, 0.3) is 0 Å². The molecule has 0 unspecified atom stereocenters. The van der Waals surface area contributed by atoms with Crippen LogP contribution in [0.1, 0.15) is 96.8 Å². The van der Waals surface area contributed by atoms with Gasteiger partial charge in [-0.2, -0.15) is 0 Å². The summed E-state index contributed by atoms with van der Waals surface area (Å²) < 4.78 is 15.9. The van der Waals surface area contributed by atoms with E-state index in [9.17, 15) is 24.0 Å². The fourth-order valence-corrected chi connectivity index (χ4v) is 4.23. The molecule has 0 spiro atoms. The summed E-state index contributed by atoms with van der Waals surface area (Å²) in [6, 6.07) is -0.0763. The van der Waals surface area contributed by atoms with E-state index >= 15 is 0 Å². The molecular weight excluding hydrogens is 586 g/mol. The van der Waals surface area contributed by atoms with Crippen molar-refractivity contribution < 1.29 is 43.3 Å². The fraction of sp³-hybridized carbons (Fsp3) is 0.839. The average Bonchev–Trinajstić information content (AvgIpc) is 3.00. The molecule has 4 amide bonds. The minimum atomic E-state index is -0.716. The lowest BCUT2D eigenvalue weighted by Crippen LogP contribution is -2.34. The summed E-state index contributed by atoms with van der Waals surface area (Å²) >= 11 is 0. The summed E-state index contributed by atoms with van der Waals surface area (Å²) in [6.07, 6.45) is 12.2. The molecule has 0 heterocycles. The van der Waals surface area contributed by atoms with E-state index in [1.54, 1.807) is 0 Å². The summed E-state index contributed by atoms with van der Waals surface area (Å²) in [7, 11) is 0. The number of carbonyl (C=O) groups is 5. The molecule has 0 aliphatic carbocycles. The molecule has 0 radical (unpaired) electrons. The third-order valence-electron chi connectivity index (χ3n) is 6.75. The Morgan fingerprint density at radius 2 is 1.04 bits per heavy atom. The predicted octanol–water partition coefficient (Wildman–Crippen LogP) is 1.39. The molecule has 262 valence electrons. The monoisotopic (exact) mass is 645 g/mol. The summed E-state index contributed by atoms with van der Waals surface area (Å²) in [5.74, 6) is -1.31. The number of nitrogens with one attached hydrogen (secondary N) is 4. The predicted molar refractivity (Wildman–Crippen MR) is 170 cm³/mol. The van der Waals surface area contributed by atoms with Gasteiger partial charge in [-0.3, -0.25) is 24.0 Å². The van der Waals surface area contributed by atoms with Crippen LogP contribution in [-0.4, -0.2) is 107 Å². The number of unbranched alkanes of at least 4 members (excludes halogenated alkanes) is 9. The SMILES string of the molecule is C[C@@H](CCC(=O)NCCOCCOCC(=O)NCCOCCNC(=O)CN)NC(=O)CCCCCCCCCCCCC(=O)O. The Morgan fingerprint density at radius 1 is 0.578 bits per heavy atom. The maximum Gasteiger partial charge on any atom is 0.303 e. The molecule has 0 aliphatic heterocycles. The van der Waals surface area contributed by atoms with Crippen LogP contribution in [0.2, 0.25) is 0 Å². The van der Waals surface area contributed by atoms with Crippen molar-refractivity contribution in [3.8, 4) is 0 Å². The first-order chi connectivity index (χ1) is 21.7. The Labute approximate surface area is 268 Å².